The minimum Gasteiger partial charge on any atom is -0.691 e. The van der Waals surface area contributed by atoms with Crippen LogP contribution >= 0.6 is 35.4 Å². The summed E-state index contributed by atoms with van der Waals surface area (Å²) in [5.74, 6) is -8.85. The monoisotopic (exact) mass is 1430 g/mol. The van der Waals surface area contributed by atoms with Crippen LogP contribution in [0.1, 0.15) is 74.4 Å². The number of hydrogen-bond donors (Lipinski definition) is 14. The van der Waals surface area contributed by atoms with Gasteiger partial charge in [-0.1, -0.05) is 36.5 Å². The van der Waals surface area contributed by atoms with Crippen molar-refractivity contribution in [2.24, 2.45) is 11.7 Å². The molecule has 4 aliphatic rings. The van der Waals surface area contributed by atoms with Crippen LogP contribution in [0.5, 0.6) is 17.2 Å². The zero-order chi connectivity index (χ0) is 69.8. The van der Waals surface area contributed by atoms with Gasteiger partial charge in [-0.15, -0.1) is 4.33 Å². The number of hydrogen-bond acceptors (Lipinski definition) is 27. The molecule has 5 aromatic rings. The van der Waals surface area contributed by atoms with Crippen molar-refractivity contribution in [3.8, 4) is 39.1 Å². The molecule has 14 atom stereocenters. The minimum atomic E-state index is -2.54. The van der Waals surface area contributed by atoms with Crippen molar-refractivity contribution in [1.29, 1.82) is 0 Å². The first-order valence-electron chi connectivity index (χ1n) is 31.2. The summed E-state index contributed by atoms with van der Waals surface area (Å²) in [6.45, 7) is 4.73. The number of nitrogens with one attached hydrogen (secondary N) is 5. The maximum Gasteiger partial charge on any atom is 1.00 e. The number of aliphatic hydroxyl groups excluding tert-OH is 7. The third-order valence-corrected chi connectivity index (χ3v) is 19.3. The van der Waals surface area contributed by atoms with Gasteiger partial charge in [0.25, 0.3) is 18.2 Å². The van der Waals surface area contributed by atoms with Crippen LogP contribution in [0.2, 0.25) is 0 Å². The number of carbonyl (C=O) groups excluding carboxylic acids is 8. The summed E-state index contributed by atoms with van der Waals surface area (Å²) >= 11 is 3.28. The molecule has 526 valence electrons. The Morgan fingerprint density at radius 1 is 0.816 bits per heavy atom. The summed E-state index contributed by atoms with van der Waals surface area (Å²) < 4.78 is 16.7. The quantitative estimate of drug-likeness (QED) is 0.0101. The molecule has 0 radical (unpaired) electrons. The van der Waals surface area contributed by atoms with Crippen LogP contribution in [0.3, 0.4) is 0 Å². The molecule has 0 spiro atoms. The smallest absolute Gasteiger partial charge is 0.691 e. The van der Waals surface area contributed by atoms with Crippen molar-refractivity contribution in [3.05, 3.63) is 84.1 Å². The van der Waals surface area contributed by atoms with Crippen molar-refractivity contribution in [3.63, 3.8) is 0 Å². The second-order valence-electron chi connectivity index (χ2n) is 24.1. The fourth-order valence-corrected chi connectivity index (χ4v) is 13.9. The number of phenolic OH excluding ortho intramolecular Hbond substituents is 1. The van der Waals surface area contributed by atoms with E-state index in [1.165, 1.54) is 41.9 Å². The van der Waals surface area contributed by atoms with Gasteiger partial charge in [0.2, 0.25) is 46.3 Å². The maximum absolute atomic E-state index is 14.7. The Balaban J connectivity index is 0.0000122. The predicted octanol–water partition coefficient (Wildman–Crippen LogP) is -6.09. The summed E-state index contributed by atoms with van der Waals surface area (Å²) in [5, 5.41) is 121. The molecule has 4 saturated heterocycles. The Morgan fingerprint density at radius 3 is 2.18 bits per heavy atom. The molecule has 9 rings (SSSR count). The number of aromatic nitrogens is 3. The summed E-state index contributed by atoms with van der Waals surface area (Å²) in [4.78, 5) is 123. The number of ether oxygens (including phenoxy) is 1. The molecule has 4 fully saturated rings. The van der Waals surface area contributed by atoms with E-state index in [-0.39, 0.29) is 53.0 Å². The van der Waals surface area contributed by atoms with Crippen LogP contribution < -0.4 is 76.1 Å². The van der Waals surface area contributed by atoms with E-state index in [9.17, 15) is 84.5 Å². The van der Waals surface area contributed by atoms with Crippen molar-refractivity contribution >= 4 is 87.6 Å². The van der Waals surface area contributed by atoms with Gasteiger partial charge < -0.3 is 102 Å². The number of primary amides is 1. The standard InChI is InChI=1S/C61H78N12O21S3.Na/c1-30-27-72-49(50(30)80)57(87)63-26-36(75)23-39(64-53(83)33-8-6-32(7-9-33)40-29-73-61(65-40)96-58(69-73)34-10-13-38(14-11-34)91-19-5-3-4-16-70-17-20-95-21-18-70)54(84)66-46(31(2)74)59(88)71-28-37(76)24-41(71)55(85)68-48(56(86)67-47(60(72)89)43(78)25-45(62)79)52(82)51(81)35-12-15-42(77)44(22-35)92-97-94-93-90;/h6-15,22,29-31,36-37,39,41,43,46-52,74-78,80-82,90H,3-5,16-21,23-28H2,1-2H3,(H2,62,79)(H,63,87)(H,64,83)(H,66,84)(H,67,86)(H,68,85);/q;+1/p-1/t30?,31?,36?,37?,39-,41?,43?,46?,47?,48?,49?,50?,51?,52?;/m0./s1. The number of imidazole rings is 1. The normalized spacial score (nSPS) is 25.3. The molecule has 15 N–H and O–H groups in total. The number of phenols is 1. The SMILES string of the molecule is CC(O)C1NC(=O)[C@@H](NC(=O)c2ccc(-c3cn4nc(-c5ccc(OCCCCCN6CCSCC6)cc5)sc4n3)cc2)CC(O)CNC(=O)C2C(O)C(C)CN2C(=O)C(C(O)CC(N)=O)NC(=O)C(C(O)C(O)c2ccc(O)c(OSOO[O-])c2)NC(=O)C2CC(O)CN2C1=O.[Na+]. The molecular weight excluding hydrogens is 1360 g/mol. The number of fused-ring (bicyclic) bond motifs is 3. The van der Waals surface area contributed by atoms with Crippen molar-refractivity contribution < 1.29 is 132 Å². The number of benzene rings is 3. The Labute approximate surface area is 595 Å². The van der Waals surface area contributed by atoms with Gasteiger partial charge in [0.05, 0.1) is 55.4 Å². The van der Waals surface area contributed by atoms with E-state index >= 15 is 0 Å². The van der Waals surface area contributed by atoms with Gasteiger partial charge in [0, 0.05) is 79.7 Å². The molecule has 8 amide bonds. The summed E-state index contributed by atoms with van der Waals surface area (Å²) in [7, 11) is 0. The number of aromatic hydroxyl groups is 1. The van der Waals surface area contributed by atoms with E-state index in [4.69, 9.17) is 24.7 Å². The number of amides is 8. The van der Waals surface area contributed by atoms with Crippen LogP contribution in [0.4, 0.5) is 0 Å². The third kappa shape index (κ3) is 19.4. The summed E-state index contributed by atoms with van der Waals surface area (Å²) in [6.07, 6.45) is -11.3. The van der Waals surface area contributed by atoms with Gasteiger partial charge in [-0.3, -0.25) is 43.4 Å². The van der Waals surface area contributed by atoms with Crippen molar-refractivity contribution in [1.82, 2.24) is 55.9 Å². The average molecular weight is 1430 g/mol. The molecule has 0 bridgehead atoms. The first kappa shape index (κ1) is 76.9. The fourth-order valence-electron chi connectivity index (χ4n) is 11.7. The number of thioether (sulfide) groups is 1. The third-order valence-electron chi connectivity index (χ3n) is 17.0. The van der Waals surface area contributed by atoms with E-state index in [0.717, 1.165) is 85.1 Å². The van der Waals surface area contributed by atoms with E-state index < -0.39 is 183 Å². The zero-order valence-electron chi connectivity index (χ0n) is 53.5. The number of rotatable bonds is 22. The summed E-state index contributed by atoms with van der Waals surface area (Å²) in [6, 6.07) is 4.27. The van der Waals surface area contributed by atoms with Gasteiger partial charge in [-0.05, 0) is 86.8 Å². The van der Waals surface area contributed by atoms with Crippen LogP contribution in [0, 0.1) is 5.92 Å². The zero-order valence-corrected chi connectivity index (χ0v) is 57.9. The average Bonchev–Trinajstić information content (AvgIpc) is 1.56. The number of nitrogens with zero attached hydrogens (tertiary/aromatic N) is 6. The van der Waals surface area contributed by atoms with E-state index in [1.807, 2.05) is 36.0 Å². The number of β-amino-alcohol motifs (C(OH)–C–C–N with tert-alkyl or cyclic N) is 1. The number of nitrogens with two attached hydrogens (primary N) is 1. The molecule has 3 aromatic carbocycles. The van der Waals surface area contributed by atoms with Crippen LogP contribution in [-0.2, 0) is 42.9 Å². The Kier molecular flexibility index (Phi) is 27.8. The van der Waals surface area contributed by atoms with E-state index in [1.54, 1.807) is 22.8 Å². The second-order valence-corrected chi connectivity index (χ2v) is 26.7. The summed E-state index contributed by atoms with van der Waals surface area (Å²) in [5.41, 5.74) is 6.97. The molecule has 37 heteroatoms. The van der Waals surface area contributed by atoms with Gasteiger partial charge in [-0.25, -0.2) is 9.50 Å². The molecule has 0 aliphatic carbocycles. The molecule has 13 unspecified atom stereocenters. The fraction of sp³-hybridized carbons (Fsp3) is 0.508. The Bertz CT molecular complexity index is 3560. The van der Waals surface area contributed by atoms with Gasteiger partial charge in [-0.2, -0.15) is 16.9 Å². The Morgan fingerprint density at radius 2 is 1.50 bits per heavy atom. The van der Waals surface area contributed by atoms with Gasteiger partial charge in [0.15, 0.2) is 11.5 Å². The maximum atomic E-state index is 14.7. The Hall–Kier alpha value is -6.82. The van der Waals surface area contributed by atoms with Crippen LogP contribution in [-0.4, -0.2) is 248 Å². The second kappa shape index (κ2) is 35.5. The molecule has 2 aromatic heterocycles. The van der Waals surface area contributed by atoms with Crippen LogP contribution in [0.15, 0.2) is 72.9 Å². The molecular formula is C61H77N12NaO21S3. The van der Waals surface area contributed by atoms with Gasteiger partial charge >= 0.3 is 29.6 Å². The molecule has 33 nitrogen and oxygen atoms in total. The predicted molar refractivity (Wildman–Crippen MR) is 343 cm³/mol. The molecule has 98 heavy (non-hydrogen) atoms. The molecule has 6 heterocycles. The van der Waals surface area contributed by atoms with Crippen LogP contribution in [0.25, 0.3) is 26.8 Å². The molecule has 0 saturated carbocycles. The minimum absolute atomic E-state index is 0. The van der Waals surface area contributed by atoms with Crippen molar-refractivity contribution in [2.45, 2.75) is 131 Å². The topological polar surface area (TPSA) is 484 Å². The molecule has 4 aliphatic heterocycles. The van der Waals surface area contributed by atoms with Crippen molar-refractivity contribution in [2.75, 3.05) is 57.4 Å². The van der Waals surface area contributed by atoms with E-state index in [0.29, 0.717) is 27.8 Å². The number of unbranched alkanes of at least 4 members (excludes halogenated alkanes) is 2. The first-order valence-corrected chi connectivity index (χ1v) is 33.8. The largest absolute Gasteiger partial charge is 1.00 e. The van der Waals surface area contributed by atoms with E-state index in [2.05, 4.69) is 40.9 Å². The van der Waals surface area contributed by atoms with Gasteiger partial charge in [0.1, 0.15) is 59.2 Å². The number of carbonyl (C=O) groups is 8. The first-order chi connectivity index (χ1) is 46.4. The number of aliphatic hydroxyl groups is 7.